The fourth-order valence-electron chi connectivity index (χ4n) is 3.53. The summed E-state index contributed by atoms with van der Waals surface area (Å²) in [5, 5.41) is 18.8. The van der Waals surface area contributed by atoms with Crippen LogP contribution in [0.5, 0.6) is 5.75 Å². The molecule has 2 aromatic rings. The Hall–Kier alpha value is -2.26. The van der Waals surface area contributed by atoms with E-state index < -0.39 is 17.8 Å². The first-order chi connectivity index (χ1) is 13.2. The van der Waals surface area contributed by atoms with Crippen LogP contribution in [0.25, 0.3) is 11.3 Å². The molecule has 1 aromatic heterocycles. The summed E-state index contributed by atoms with van der Waals surface area (Å²) in [4.78, 5) is 6.53. The van der Waals surface area contributed by atoms with Crippen LogP contribution in [0.1, 0.15) is 36.0 Å². The van der Waals surface area contributed by atoms with Crippen molar-refractivity contribution >= 4 is 0 Å². The lowest BCUT2D eigenvalue weighted by Crippen LogP contribution is -2.35. The maximum absolute atomic E-state index is 12.9. The summed E-state index contributed by atoms with van der Waals surface area (Å²) in [7, 11) is 3.30. The number of aromatic nitrogens is 3. The minimum absolute atomic E-state index is 0.0198. The zero-order valence-corrected chi connectivity index (χ0v) is 16.0. The van der Waals surface area contributed by atoms with Crippen LogP contribution in [0, 0.1) is 12.8 Å². The van der Waals surface area contributed by atoms with E-state index in [1.165, 1.54) is 13.2 Å². The molecular formula is C19H23F3N4O2. The molecule has 0 spiro atoms. The summed E-state index contributed by atoms with van der Waals surface area (Å²) in [5.74, 6) is 0.287. The topological polar surface area (TPSA) is 71.4 Å². The molecule has 1 fully saturated rings. The highest BCUT2D eigenvalue weighted by atomic mass is 19.4. The highest BCUT2D eigenvalue weighted by molar-refractivity contribution is 5.69. The van der Waals surface area contributed by atoms with Gasteiger partial charge in [-0.2, -0.15) is 13.2 Å². The number of nitrogens with zero attached hydrogens (tertiary/aromatic N) is 4. The molecule has 1 aliphatic rings. The van der Waals surface area contributed by atoms with Gasteiger partial charge in [-0.25, -0.2) is 4.98 Å². The third kappa shape index (κ3) is 4.25. The SMILES string of the molecule is COc1cc(C(F)(F)F)ccc1-c1nnc(C(O)C2CCCN(C)C2)nc1C. The Morgan fingerprint density at radius 3 is 2.64 bits per heavy atom. The summed E-state index contributed by atoms with van der Waals surface area (Å²) < 4.78 is 43.9. The molecule has 0 aliphatic carbocycles. The highest BCUT2D eigenvalue weighted by Gasteiger charge is 2.32. The number of aliphatic hydroxyl groups is 1. The molecule has 1 saturated heterocycles. The number of rotatable bonds is 4. The number of piperidine rings is 1. The second-order valence-electron chi connectivity index (χ2n) is 7.13. The maximum Gasteiger partial charge on any atom is 0.416 e. The number of halogens is 3. The maximum atomic E-state index is 12.9. The molecule has 1 N–H and O–H groups in total. The van der Waals surface area contributed by atoms with Crippen LogP contribution in [0.4, 0.5) is 13.2 Å². The van der Waals surface area contributed by atoms with Gasteiger partial charge in [0.25, 0.3) is 0 Å². The van der Waals surface area contributed by atoms with E-state index >= 15 is 0 Å². The molecule has 28 heavy (non-hydrogen) atoms. The van der Waals surface area contributed by atoms with Gasteiger partial charge in [-0.1, -0.05) is 0 Å². The van der Waals surface area contributed by atoms with Crippen molar-refractivity contribution < 1.29 is 23.0 Å². The van der Waals surface area contributed by atoms with Crippen molar-refractivity contribution in [2.75, 3.05) is 27.2 Å². The highest BCUT2D eigenvalue weighted by Crippen LogP contribution is 2.37. The van der Waals surface area contributed by atoms with Crippen LogP contribution in [-0.2, 0) is 6.18 Å². The predicted molar refractivity (Wildman–Crippen MR) is 96.7 cm³/mol. The smallest absolute Gasteiger partial charge is 0.416 e. The molecule has 0 radical (unpaired) electrons. The summed E-state index contributed by atoms with van der Waals surface area (Å²) in [5.41, 5.74) is 0.347. The normalized spacial score (nSPS) is 19.5. The van der Waals surface area contributed by atoms with Gasteiger partial charge < -0.3 is 14.7 Å². The molecule has 1 aromatic carbocycles. The number of hydrogen-bond acceptors (Lipinski definition) is 6. The predicted octanol–water partition coefficient (Wildman–Crippen LogP) is 3.25. The molecule has 0 saturated carbocycles. The van der Waals surface area contributed by atoms with Crippen LogP contribution < -0.4 is 4.74 Å². The van der Waals surface area contributed by atoms with Gasteiger partial charge in [0.1, 0.15) is 17.5 Å². The van der Waals surface area contributed by atoms with E-state index in [1.54, 1.807) is 6.92 Å². The first-order valence-electron chi connectivity index (χ1n) is 9.04. The zero-order valence-electron chi connectivity index (χ0n) is 16.0. The molecule has 3 rings (SSSR count). The van der Waals surface area contributed by atoms with Crippen LogP contribution in [0.15, 0.2) is 18.2 Å². The largest absolute Gasteiger partial charge is 0.496 e. The third-order valence-corrected chi connectivity index (χ3v) is 5.03. The van der Waals surface area contributed by atoms with Gasteiger partial charge in [-0.3, -0.25) is 0 Å². The molecule has 152 valence electrons. The first-order valence-corrected chi connectivity index (χ1v) is 9.04. The number of alkyl halides is 3. The van der Waals surface area contributed by atoms with Crippen LogP contribution in [-0.4, -0.2) is 52.4 Å². The number of ether oxygens (including phenoxy) is 1. The van der Waals surface area contributed by atoms with Crippen LogP contribution >= 0.6 is 0 Å². The zero-order chi connectivity index (χ0) is 20.5. The van der Waals surface area contributed by atoms with Gasteiger partial charge in [0.2, 0.25) is 0 Å². The Bertz CT molecular complexity index is 844. The average Bonchev–Trinajstić information content (AvgIpc) is 2.66. The van der Waals surface area contributed by atoms with E-state index in [-0.39, 0.29) is 17.5 Å². The van der Waals surface area contributed by atoms with Gasteiger partial charge in [0.15, 0.2) is 5.82 Å². The van der Waals surface area contributed by atoms with Crippen molar-refractivity contribution in [1.82, 2.24) is 20.1 Å². The summed E-state index contributed by atoms with van der Waals surface area (Å²) in [6.45, 7) is 3.43. The molecule has 9 heteroatoms. The summed E-state index contributed by atoms with van der Waals surface area (Å²) in [6.07, 6.45) is -3.43. The summed E-state index contributed by atoms with van der Waals surface area (Å²) >= 11 is 0. The lowest BCUT2D eigenvalue weighted by molar-refractivity contribution is -0.137. The quantitative estimate of drug-likeness (QED) is 0.856. The Kier molecular flexibility index (Phi) is 5.85. The second-order valence-corrected chi connectivity index (χ2v) is 7.13. The van der Waals surface area contributed by atoms with E-state index in [0.717, 1.165) is 38.1 Å². The van der Waals surface area contributed by atoms with Gasteiger partial charge in [-0.15, -0.1) is 10.2 Å². The number of likely N-dealkylation sites (tertiary alicyclic amines) is 1. The summed E-state index contributed by atoms with van der Waals surface area (Å²) in [6, 6.07) is 3.20. The van der Waals surface area contributed by atoms with Crippen molar-refractivity contribution in [2.45, 2.75) is 32.0 Å². The van der Waals surface area contributed by atoms with Gasteiger partial charge in [0, 0.05) is 18.0 Å². The van der Waals surface area contributed by atoms with E-state index in [1.807, 2.05) is 7.05 Å². The van der Waals surface area contributed by atoms with Crippen molar-refractivity contribution in [3.05, 3.63) is 35.3 Å². The monoisotopic (exact) mass is 396 g/mol. The fraction of sp³-hybridized carbons (Fsp3) is 0.526. The van der Waals surface area contributed by atoms with Crippen molar-refractivity contribution in [3.8, 4) is 17.0 Å². The van der Waals surface area contributed by atoms with Gasteiger partial charge in [-0.05, 0) is 51.6 Å². The minimum atomic E-state index is -4.47. The molecule has 0 bridgehead atoms. The van der Waals surface area contributed by atoms with E-state index in [4.69, 9.17) is 4.74 Å². The average molecular weight is 396 g/mol. The molecule has 6 nitrogen and oxygen atoms in total. The number of hydrogen-bond donors (Lipinski definition) is 1. The minimum Gasteiger partial charge on any atom is -0.496 e. The number of aryl methyl sites for hydroxylation is 1. The van der Waals surface area contributed by atoms with E-state index in [0.29, 0.717) is 17.0 Å². The van der Waals surface area contributed by atoms with E-state index in [2.05, 4.69) is 20.1 Å². The number of aliphatic hydroxyl groups excluding tert-OH is 1. The first kappa shape index (κ1) is 20.5. The molecule has 1 aliphatic heterocycles. The van der Waals surface area contributed by atoms with Crippen LogP contribution in [0.3, 0.4) is 0 Å². The Morgan fingerprint density at radius 1 is 1.29 bits per heavy atom. The fourth-order valence-corrected chi connectivity index (χ4v) is 3.53. The van der Waals surface area contributed by atoms with Crippen molar-refractivity contribution in [1.29, 1.82) is 0 Å². The molecular weight excluding hydrogens is 373 g/mol. The number of benzene rings is 1. The molecule has 0 amide bonds. The lowest BCUT2D eigenvalue weighted by Gasteiger charge is -2.31. The van der Waals surface area contributed by atoms with Crippen molar-refractivity contribution in [2.24, 2.45) is 5.92 Å². The Morgan fingerprint density at radius 2 is 2.04 bits per heavy atom. The molecule has 2 unspecified atom stereocenters. The van der Waals surface area contributed by atoms with Gasteiger partial charge in [0.05, 0.1) is 18.4 Å². The molecule has 2 heterocycles. The third-order valence-electron chi connectivity index (χ3n) is 5.03. The molecule has 2 atom stereocenters. The lowest BCUT2D eigenvalue weighted by atomic mass is 9.92. The van der Waals surface area contributed by atoms with Crippen molar-refractivity contribution in [3.63, 3.8) is 0 Å². The second kappa shape index (κ2) is 8.00. The number of methoxy groups -OCH3 is 1. The van der Waals surface area contributed by atoms with E-state index in [9.17, 15) is 18.3 Å². The van der Waals surface area contributed by atoms with Crippen LogP contribution in [0.2, 0.25) is 0 Å². The Labute approximate surface area is 161 Å². The Balaban J connectivity index is 1.90. The standard InChI is InChI=1S/C19H23F3N4O2/c1-11-16(14-7-6-13(19(20,21)22)9-15(14)28-3)24-25-18(23-11)17(27)12-5-4-8-26(2)10-12/h6-7,9,12,17,27H,4-5,8,10H2,1-3H3. The van der Waals surface area contributed by atoms with Gasteiger partial charge >= 0.3 is 6.18 Å².